The second-order valence-electron chi connectivity index (χ2n) is 6.36. The Hall–Kier alpha value is -1.63. The average molecular weight is 404 g/mol. The van der Waals surface area contributed by atoms with Gasteiger partial charge in [-0.05, 0) is 56.4 Å². The van der Waals surface area contributed by atoms with Gasteiger partial charge in [0.05, 0.1) is 5.75 Å². The fourth-order valence-corrected chi connectivity index (χ4v) is 5.68. The Labute approximate surface area is 165 Å². The lowest BCUT2D eigenvalue weighted by molar-refractivity contribution is -0.113. The number of carbonyl (C=O) groups excluding carboxylic acids is 1. The van der Waals surface area contributed by atoms with Crippen molar-refractivity contribution in [1.82, 2.24) is 9.97 Å². The van der Waals surface area contributed by atoms with Crippen molar-refractivity contribution < 1.29 is 4.79 Å². The van der Waals surface area contributed by atoms with Gasteiger partial charge in [0.1, 0.15) is 15.7 Å². The Balaban J connectivity index is 1.54. The molecule has 0 saturated heterocycles. The van der Waals surface area contributed by atoms with Gasteiger partial charge in [0.15, 0.2) is 0 Å². The number of nitrogens with one attached hydrogen (secondary N) is 1. The zero-order valence-electron chi connectivity index (χ0n) is 14.6. The molecule has 1 aliphatic carbocycles. The van der Waals surface area contributed by atoms with Crippen LogP contribution in [0.3, 0.4) is 0 Å². The van der Waals surface area contributed by atoms with E-state index in [1.165, 1.54) is 28.6 Å². The van der Waals surface area contributed by atoms with E-state index in [0.717, 1.165) is 45.2 Å². The molecular formula is C19H18ClN3OS2. The molecule has 3 aromatic rings. The van der Waals surface area contributed by atoms with Crippen molar-refractivity contribution in [2.45, 2.75) is 38.1 Å². The summed E-state index contributed by atoms with van der Waals surface area (Å²) >= 11 is 9.38. The molecule has 0 atom stereocenters. The van der Waals surface area contributed by atoms with Crippen LogP contribution in [0.5, 0.6) is 0 Å². The van der Waals surface area contributed by atoms with Gasteiger partial charge in [-0.1, -0.05) is 29.4 Å². The van der Waals surface area contributed by atoms with Crippen LogP contribution in [0.4, 0.5) is 5.69 Å². The SMILES string of the molecule is Cc1nc(SCC(=O)Nc2cccc(Cl)c2C)c2c3c(sc2n1)CCC3. The van der Waals surface area contributed by atoms with E-state index in [1.807, 2.05) is 32.0 Å². The fourth-order valence-electron chi connectivity index (χ4n) is 3.23. The van der Waals surface area contributed by atoms with Gasteiger partial charge in [0.2, 0.25) is 5.91 Å². The second kappa shape index (κ2) is 7.18. The monoisotopic (exact) mass is 403 g/mol. The number of hydrogen-bond donors (Lipinski definition) is 1. The maximum absolute atomic E-state index is 12.4. The van der Waals surface area contributed by atoms with E-state index in [-0.39, 0.29) is 5.91 Å². The van der Waals surface area contributed by atoms with Crippen LogP contribution in [0.2, 0.25) is 5.02 Å². The molecule has 1 aromatic carbocycles. The van der Waals surface area contributed by atoms with Gasteiger partial charge >= 0.3 is 0 Å². The maximum atomic E-state index is 12.4. The largest absolute Gasteiger partial charge is 0.325 e. The van der Waals surface area contributed by atoms with E-state index in [0.29, 0.717) is 10.8 Å². The summed E-state index contributed by atoms with van der Waals surface area (Å²) in [7, 11) is 0. The molecular weight excluding hydrogens is 386 g/mol. The molecule has 0 aliphatic heterocycles. The van der Waals surface area contributed by atoms with Gasteiger partial charge in [-0.3, -0.25) is 4.79 Å². The lowest BCUT2D eigenvalue weighted by atomic mass is 10.2. The highest BCUT2D eigenvalue weighted by Crippen LogP contribution is 2.40. The number of benzene rings is 1. The Bertz CT molecular complexity index is 1020. The van der Waals surface area contributed by atoms with E-state index in [4.69, 9.17) is 11.6 Å². The molecule has 7 heteroatoms. The van der Waals surface area contributed by atoms with Gasteiger partial charge in [-0.15, -0.1) is 11.3 Å². The summed E-state index contributed by atoms with van der Waals surface area (Å²) < 4.78 is 0. The Kier molecular flexibility index (Phi) is 4.90. The Morgan fingerprint density at radius 1 is 1.31 bits per heavy atom. The Morgan fingerprint density at radius 3 is 3.00 bits per heavy atom. The summed E-state index contributed by atoms with van der Waals surface area (Å²) in [6.45, 7) is 3.81. The van der Waals surface area contributed by atoms with Crippen LogP contribution in [-0.2, 0) is 17.6 Å². The summed E-state index contributed by atoms with van der Waals surface area (Å²) in [5.74, 6) is 1.00. The predicted octanol–water partition coefficient (Wildman–Crippen LogP) is 5.18. The minimum absolute atomic E-state index is 0.0587. The summed E-state index contributed by atoms with van der Waals surface area (Å²) in [4.78, 5) is 24.1. The molecule has 26 heavy (non-hydrogen) atoms. The molecule has 1 N–H and O–H groups in total. The molecule has 1 amide bonds. The highest BCUT2D eigenvalue weighted by atomic mass is 35.5. The normalized spacial score (nSPS) is 13.2. The van der Waals surface area contributed by atoms with Crippen LogP contribution in [-0.4, -0.2) is 21.6 Å². The minimum Gasteiger partial charge on any atom is -0.325 e. The number of thiophene rings is 1. The molecule has 4 rings (SSSR count). The number of aromatic nitrogens is 2. The highest BCUT2D eigenvalue weighted by molar-refractivity contribution is 8.00. The number of anilines is 1. The number of nitrogens with zero attached hydrogens (tertiary/aromatic N) is 2. The number of carbonyl (C=O) groups is 1. The topological polar surface area (TPSA) is 54.9 Å². The molecule has 0 fully saturated rings. The fraction of sp³-hybridized carbons (Fsp3) is 0.316. The molecule has 4 nitrogen and oxygen atoms in total. The third-order valence-electron chi connectivity index (χ3n) is 4.53. The standard InChI is InChI=1S/C19H18ClN3OS2/c1-10-13(20)6-4-7-14(10)23-16(24)9-25-18-17-12-5-3-8-15(12)26-19(17)22-11(2)21-18/h4,6-7H,3,5,8-9H2,1-2H3,(H,23,24). The maximum Gasteiger partial charge on any atom is 0.234 e. The molecule has 2 aromatic heterocycles. The number of fused-ring (bicyclic) bond motifs is 3. The molecule has 0 spiro atoms. The highest BCUT2D eigenvalue weighted by Gasteiger charge is 2.22. The number of hydrogen-bond acceptors (Lipinski definition) is 5. The van der Waals surface area contributed by atoms with E-state index in [2.05, 4.69) is 15.3 Å². The lowest BCUT2D eigenvalue weighted by Crippen LogP contribution is -2.15. The van der Waals surface area contributed by atoms with E-state index < -0.39 is 0 Å². The number of thioether (sulfide) groups is 1. The molecule has 0 unspecified atom stereocenters. The van der Waals surface area contributed by atoms with Crippen molar-refractivity contribution in [2.75, 3.05) is 11.1 Å². The molecule has 0 bridgehead atoms. The van der Waals surface area contributed by atoms with Crippen molar-refractivity contribution in [2.24, 2.45) is 0 Å². The van der Waals surface area contributed by atoms with Crippen LogP contribution in [0.1, 0.15) is 28.2 Å². The first-order valence-electron chi connectivity index (χ1n) is 8.49. The average Bonchev–Trinajstić information content (AvgIpc) is 3.17. The minimum atomic E-state index is -0.0587. The van der Waals surface area contributed by atoms with Crippen LogP contribution in [0.25, 0.3) is 10.2 Å². The van der Waals surface area contributed by atoms with Gasteiger partial charge in [-0.25, -0.2) is 9.97 Å². The zero-order valence-corrected chi connectivity index (χ0v) is 16.9. The predicted molar refractivity (Wildman–Crippen MR) is 110 cm³/mol. The Morgan fingerprint density at radius 2 is 2.15 bits per heavy atom. The van der Waals surface area contributed by atoms with E-state index in [1.54, 1.807) is 11.3 Å². The lowest BCUT2D eigenvalue weighted by Gasteiger charge is -2.10. The molecule has 0 radical (unpaired) electrons. The second-order valence-corrected chi connectivity index (χ2v) is 8.82. The van der Waals surface area contributed by atoms with Crippen molar-refractivity contribution >= 4 is 56.5 Å². The summed E-state index contributed by atoms with van der Waals surface area (Å²) in [5, 5.41) is 5.67. The van der Waals surface area contributed by atoms with Gasteiger partial charge < -0.3 is 5.32 Å². The smallest absolute Gasteiger partial charge is 0.234 e. The number of halogens is 1. The van der Waals surface area contributed by atoms with E-state index in [9.17, 15) is 4.79 Å². The van der Waals surface area contributed by atoms with Gasteiger partial charge in [-0.2, -0.15) is 0 Å². The van der Waals surface area contributed by atoms with E-state index >= 15 is 0 Å². The first-order valence-corrected chi connectivity index (χ1v) is 10.7. The molecule has 1 aliphatic rings. The van der Waals surface area contributed by atoms with Crippen molar-refractivity contribution in [3.8, 4) is 0 Å². The van der Waals surface area contributed by atoms with Crippen LogP contribution in [0, 0.1) is 13.8 Å². The van der Waals surface area contributed by atoms with Crippen LogP contribution < -0.4 is 5.32 Å². The van der Waals surface area contributed by atoms with Gasteiger partial charge in [0, 0.05) is 21.0 Å². The number of amides is 1. The van der Waals surface area contributed by atoms with Crippen molar-refractivity contribution in [3.05, 3.63) is 45.1 Å². The molecule has 134 valence electrons. The number of aryl methyl sites for hydroxylation is 3. The summed E-state index contributed by atoms with van der Waals surface area (Å²) in [6.07, 6.45) is 3.42. The molecule has 0 saturated carbocycles. The number of rotatable bonds is 4. The zero-order chi connectivity index (χ0) is 18.3. The quantitative estimate of drug-likeness (QED) is 0.481. The van der Waals surface area contributed by atoms with Crippen LogP contribution in [0.15, 0.2) is 23.2 Å². The first kappa shape index (κ1) is 17.8. The van der Waals surface area contributed by atoms with Gasteiger partial charge in [0.25, 0.3) is 0 Å². The van der Waals surface area contributed by atoms with Crippen molar-refractivity contribution in [3.63, 3.8) is 0 Å². The molecule has 2 heterocycles. The third-order valence-corrected chi connectivity index (χ3v) is 7.10. The van der Waals surface area contributed by atoms with Crippen LogP contribution >= 0.6 is 34.7 Å². The van der Waals surface area contributed by atoms with Crippen molar-refractivity contribution in [1.29, 1.82) is 0 Å². The summed E-state index contributed by atoms with van der Waals surface area (Å²) in [5.41, 5.74) is 3.02. The third kappa shape index (κ3) is 3.33. The summed E-state index contributed by atoms with van der Waals surface area (Å²) in [6, 6.07) is 5.52. The first-order chi connectivity index (χ1) is 12.5.